The molecule has 0 aliphatic carbocycles. The highest BCUT2D eigenvalue weighted by Crippen LogP contribution is 1.95. The normalized spacial score (nSPS) is 9.55. The Morgan fingerprint density at radius 1 is 1.82 bits per heavy atom. The maximum atomic E-state index is 11.1. The van der Waals surface area contributed by atoms with Gasteiger partial charge in [-0.2, -0.15) is 5.10 Å². The van der Waals surface area contributed by atoms with E-state index in [1.807, 2.05) is 22.6 Å². The second-order valence-corrected chi connectivity index (χ2v) is 3.23. The third-order valence-corrected chi connectivity index (χ3v) is 1.73. The molecule has 11 heavy (non-hydrogen) atoms. The molecule has 0 spiro atoms. The Bertz CT molecular complexity index is 318. The number of rotatable bonds is 2. The molecule has 1 heterocycles. The molecule has 0 unspecified atom stereocenters. The van der Waals surface area contributed by atoms with Crippen molar-refractivity contribution in [2.75, 3.05) is 0 Å². The van der Waals surface area contributed by atoms with Crippen molar-refractivity contribution < 1.29 is 0 Å². The van der Waals surface area contributed by atoms with Crippen LogP contribution in [0.5, 0.6) is 0 Å². The first-order valence-corrected chi connectivity index (χ1v) is 4.15. The van der Waals surface area contributed by atoms with Crippen LogP contribution in [0.3, 0.4) is 0 Å². The Morgan fingerprint density at radius 2 is 2.55 bits per heavy atom. The first-order chi connectivity index (χ1) is 5.24. The van der Waals surface area contributed by atoms with E-state index < -0.39 is 0 Å². The minimum atomic E-state index is -0.0863. The Hall–Kier alpha value is -0.650. The Labute approximate surface area is 77.9 Å². The zero-order valence-electron chi connectivity index (χ0n) is 5.83. The first kappa shape index (κ1) is 8.45. The number of allylic oxidation sites excluding steroid dienone is 1. The summed E-state index contributed by atoms with van der Waals surface area (Å²) in [6.07, 6.45) is 3.28. The predicted molar refractivity (Wildman–Crippen MR) is 51.4 cm³/mol. The molecule has 58 valence electrons. The maximum absolute atomic E-state index is 11.1. The van der Waals surface area contributed by atoms with Crippen LogP contribution in [0.1, 0.15) is 0 Å². The van der Waals surface area contributed by atoms with Gasteiger partial charge in [-0.3, -0.25) is 4.79 Å². The minimum absolute atomic E-state index is 0.0863. The minimum Gasteiger partial charge on any atom is -0.268 e. The van der Waals surface area contributed by atoms with E-state index in [0.29, 0.717) is 6.54 Å². The van der Waals surface area contributed by atoms with E-state index in [1.54, 1.807) is 12.3 Å². The summed E-state index contributed by atoms with van der Waals surface area (Å²) in [5, 5.41) is 3.89. The van der Waals surface area contributed by atoms with Crippen LogP contribution in [-0.4, -0.2) is 9.78 Å². The number of hydrogen-bond donors (Lipinski definition) is 0. The molecule has 0 aromatic carbocycles. The molecule has 4 heteroatoms. The summed E-state index contributed by atoms with van der Waals surface area (Å²) in [5.74, 6) is 0. The van der Waals surface area contributed by atoms with Crippen LogP contribution < -0.4 is 5.56 Å². The lowest BCUT2D eigenvalue weighted by Gasteiger charge is -1.97. The van der Waals surface area contributed by atoms with E-state index in [-0.39, 0.29) is 5.56 Å². The van der Waals surface area contributed by atoms with Crippen LogP contribution in [0.15, 0.2) is 29.7 Å². The summed E-state index contributed by atoms with van der Waals surface area (Å²) >= 11 is 2.05. The smallest absolute Gasteiger partial charge is 0.268 e. The topological polar surface area (TPSA) is 34.9 Å². The summed E-state index contributed by atoms with van der Waals surface area (Å²) in [6.45, 7) is 3.99. The predicted octanol–water partition coefficient (Wildman–Crippen LogP) is 1.03. The highest BCUT2D eigenvalue weighted by Gasteiger charge is 1.93. The van der Waals surface area contributed by atoms with Gasteiger partial charge in [-0.05, 0) is 22.6 Å². The van der Waals surface area contributed by atoms with Gasteiger partial charge >= 0.3 is 0 Å². The molecular weight excluding hydrogens is 255 g/mol. The van der Waals surface area contributed by atoms with E-state index in [0.717, 1.165) is 3.57 Å². The Morgan fingerprint density at radius 3 is 3.09 bits per heavy atom. The van der Waals surface area contributed by atoms with Gasteiger partial charge in [0.15, 0.2) is 0 Å². The summed E-state index contributed by atoms with van der Waals surface area (Å²) in [6, 6.07) is 1.54. The molecule has 0 aliphatic heterocycles. The fraction of sp³-hybridized carbons (Fsp3) is 0.143. The van der Waals surface area contributed by atoms with Gasteiger partial charge in [-0.1, -0.05) is 6.08 Å². The standard InChI is InChI=1S/C7H7IN2O/c1-2-3-10-7(11)4-6(8)5-9-10/h2,4-5H,1,3H2. The fourth-order valence-corrected chi connectivity index (χ4v) is 1.06. The third kappa shape index (κ3) is 2.14. The molecular formula is C7H7IN2O. The lowest BCUT2D eigenvalue weighted by molar-refractivity contribution is 0.649. The molecule has 0 saturated heterocycles. The van der Waals surface area contributed by atoms with Crippen LogP contribution >= 0.6 is 22.6 Å². The molecule has 0 radical (unpaired) electrons. The number of nitrogens with zero attached hydrogens (tertiary/aromatic N) is 2. The van der Waals surface area contributed by atoms with Crippen molar-refractivity contribution in [1.29, 1.82) is 0 Å². The van der Waals surface area contributed by atoms with Gasteiger partial charge in [-0.25, -0.2) is 4.68 Å². The van der Waals surface area contributed by atoms with Gasteiger partial charge in [0.1, 0.15) is 0 Å². The molecule has 0 fully saturated rings. The van der Waals surface area contributed by atoms with Crippen LogP contribution in [-0.2, 0) is 6.54 Å². The Kier molecular flexibility index (Phi) is 2.81. The van der Waals surface area contributed by atoms with Gasteiger partial charge in [0.25, 0.3) is 5.56 Å². The quantitative estimate of drug-likeness (QED) is 0.589. The molecule has 0 atom stereocenters. The van der Waals surface area contributed by atoms with Crippen molar-refractivity contribution in [2.45, 2.75) is 6.54 Å². The zero-order valence-corrected chi connectivity index (χ0v) is 7.98. The van der Waals surface area contributed by atoms with Crippen molar-refractivity contribution in [1.82, 2.24) is 9.78 Å². The number of hydrogen-bond acceptors (Lipinski definition) is 2. The van der Waals surface area contributed by atoms with E-state index in [2.05, 4.69) is 11.7 Å². The number of halogens is 1. The third-order valence-electron chi connectivity index (χ3n) is 1.14. The highest BCUT2D eigenvalue weighted by molar-refractivity contribution is 14.1. The van der Waals surface area contributed by atoms with Crippen molar-refractivity contribution in [3.05, 3.63) is 38.8 Å². The lowest BCUT2D eigenvalue weighted by Crippen LogP contribution is -2.21. The summed E-state index contributed by atoms with van der Waals surface area (Å²) in [7, 11) is 0. The van der Waals surface area contributed by atoms with Gasteiger partial charge in [0.2, 0.25) is 0 Å². The van der Waals surface area contributed by atoms with E-state index in [4.69, 9.17) is 0 Å². The molecule has 0 aliphatic rings. The van der Waals surface area contributed by atoms with E-state index in [9.17, 15) is 4.79 Å². The molecule has 0 bridgehead atoms. The largest absolute Gasteiger partial charge is 0.268 e. The molecule has 0 N–H and O–H groups in total. The number of aromatic nitrogens is 2. The highest BCUT2D eigenvalue weighted by atomic mass is 127. The molecule has 0 amide bonds. The average Bonchev–Trinajstić information content (AvgIpc) is 1.95. The van der Waals surface area contributed by atoms with E-state index >= 15 is 0 Å². The van der Waals surface area contributed by atoms with Crippen LogP contribution in [0.25, 0.3) is 0 Å². The van der Waals surface area contributed by atoms with Gasteiger partial charge in [0, 0.05) is 9.64 Å². The molecule has 0 saturated carbocycles. The van der Waals surface area contributed by atoms with Crippen molar-refractivity contribution in [3.8, 4) is 0 Å². The lowest BCUT2D eigenvalue weighted by atomic mass is 10.5. The average molecular weight is 262 g/mol. The van der Waals surface area contributed by atoms with Gasteiger partial charge in [-0.15, -0.1) is 6.58 Å². The summed E-state index contributed by atoms with van der Waals surface area (Å²) in [4.78, 5) is 11.1. The summed E-state index contributed by atoms with van der Waals surface area (Å²) in [5.41, 5.74) is -0.0863. The first-order valence-electron chi connectivity index (χ1n) is 3.07. The van der Waals surface area contributed by atoms with Crippen LogP contribution in [0.4, 0.5) is 0 Å². The molecule has 1 aromatic rings. The van der Waals surface area contributed by atoms with Crippen molar-refractivity contribution in [3.63, 3.8) is 0 Å². The van der Waals surface area contributed by atoms with Crippen molar-refractivity contribution in [2.24, 2.45) is 0 Å². The summed E-state index contributed by atoms with van der Waals surface area (Å²) < 4.78 is 2.21. The molecule has 3 nitrogen and oxygen atoms in total. The van der Waals surface area contributed by atoms with Gasteiger partial charge in [0.05, 0.1) is 12.7 Å². The molecule has 1 rings (SSSR count). The SMILES string of the molecule is C=CCn1ncc(I)cc1=O. The maximum Gasteiger partial charge on any atom is 0.268 e. The van der Waals surface area contributed by atoms with E-state index in [1.165, 1.54) is 10.7 Å². The van der Waals surface area contributed by atoms with Crippen LogP contribution in [0.2, 0.25) is 0 Å². The van der Waals surface area contributed by atoms with Crippen molar-refractivity contribution >= 4 is 22.6 Å². The van der Waals surface area contributed by atoms with Crippen LogP contribution in [0, 0.1) is 3.57 Å². The Balaban J connectivity index is 3.09. The second-order valence-electron chi connectivity index (χ2n) is 1.98. The van der Waals surface area contributed by atoms with Gasteiger partial charge < -0.3 is 0 Å². The zero-order chi connectivity index (χ0) is 8.27. The fourth-order valence-electron chi connectivity index (χ4n) is 0.671. The monoisotopic (exact) mass is 262 g/mol. The second kappa shape index (κ2) is 3.66. The molecule has 1 aromatic heterocycles.